The van der Waals surface area contributed by atoms with E-state index >= 15 is 0 Å². The number of hydrogen-bond acceptors (Lipinski definition) is 6. The van der Waals surface area contributed by atoms with Gasteiger partial charge in [0.25, 0.3) is 5.91 Å². The second kappa shape index (κ2) is 9.88. The fourth-order valence-corrected chi connectivity index (χ4v) is 3.40. The van der Waals surface area contributed by atoms with Crippen LogP contribution in [0, 0.1) is 5.92 Å². The Labute approximate surface area is 180 Å². The van der Waals surface area contributed by atoms with Gasteiger partial charge in [0.05, 0.1) is 18.6 Å². The predicted octanol–water partition coefficient (Wildman–Crippen LogP) is 2.57. The maximum Gasteiger partial charge on any atom is 0.337 e. The van der Waals surface area contributed by atoms with Crippen LogP contribution in [0.15, 0.2) is 48.5 Å². The number of nitrogens with one attached hydrogen (secondary N) is 1. The quantitative estimate of drug-likeness (QED) is 0.686. The normalized spacial score (nSPS) is 15.5. The molecule has 1 heterocycles. The standard InChI is InChI=1S/C23H24N2O6/c1-3-15-6-4-5-7-19(15)24-20(26)14-31-23(29)17-12-21(27)25(13-17)18-10-8-16(9-11-18)22(28)30-2/h4-11,17H,3,12-14H2,1-2H3,(H,24,26)/t17-/m0/s1. The van der Waals surface area contributed by atoms with E-state index in [1.807, 2.05) is 25.1 Å². The summed E-state index contributed by atoms with van der Waals surface area (Å²) in [5.41, 5.74) is 2.60. The molecule has 2 aromatic carbocycles. The number of esters is 2. The van der Waals surface area contributed by atoms with Crippen LogP contribution in [0.5, 0.6) is 0 Å². The summed E-state index contributed by atoms with van der Waals surface area (Å²) in [6.45, 7) is 1.71. The number of carbonyl (C=O) groups is 4. The predicted molar refractivity (Wildman–Crippen MR) is 114 cm³/mol. The third kappa shape index (κ3) is 5.28. The fourth-order valence-electron chi connectivity index (χ4n) is 3.40. The number of benzene rings is 2. The fraction of sp³-hybridized carbons (Fsp3) is 0.304. The van der Waals surface area contributed by atoms with E-state index in [-0.39, 0.29) is 18.9 Å². The first-order chi connectivity index (χ1) is 14.9. The van der Waals surface area contributed by atoms with E-state index in [0.717, 1.165) is 12.0 Å². The largest absolute Gasteiger partial charge is 0.465 e. The maximum absolute atomic E-state index is 12.4. The molecule has 0 unspecified atom stereocenters. The van der Waals surface area contributed by atoms with Gasteiger partial charge >= 0.3 is 11.9 Å². The average Bonchev–Trinajstić information content (AvgIpc) is 3.19. The van der Waals surface area contributed by atoms with Crippen molar-refractivity contribution in [1.29, 1.82) is 0 Å². The van der Waals surface area contributed by atoms with Gasteiger partial charge in [-0.25, -0.2) is 4.79 Å². The van der Waals surface area contributed by atoms with E-state index in [9.17, 15) is 19.2 Å². The smallest absolute Gasteiger partial charge is 0.337 e. The molecule has 0 saturated carbocycles. The molecule has 0 spiro atoms. The molecule has 31 heavy (non-hydrogen) atoms. The summed E-state index contributed by atoms with van der Waals surface area (Å²) in [4.78, 5) is 49.9. The molecule has 3 rings (SSSR count). The highest BCUT2D eigenvalue weighted by Gasteiger charge is 2.36. The van der Waals surface area contributed by atoms with Gasteiger partial charge in [-0.3, -0.25) is 14.4 Å². The SMILES string of the molecule is CCc1ccccc1NC(=O)COC(=O)[C@H]1CC(=O)N(c2ccc(C(=O)OC)cc2)C1. The number of hydrogen-bond donors (Lipinski definition) is 1. The lowest BCUT2D eigenvalue weighted by atomic mass is 10.1. The lowest BCUT2D eigenvalue weighted by Crippen LogP contribution is -2.28. The minimum Gasteiger partial charge on any atom is -0.465 e. The summed E-state index contributed by atoms with van der Waals surface area (Å²) in [7, 11) is 1.29. The molecule has 0 aliphatic carbocycles. The lowest BCUT2D eigenvalue weighted by Gasteiger charge is -2.17. The zero-order valence-corrected chi connectivity index (χ0v) is 17.4. The van der Waals surface area contributed by atoms with Gasteiger partial charge in [0.1, 0.15) is 0 Å². The Morgan fingerprint density at radius 2 is 1.81 bits per heavy atom. The number of rotatable bonds is 7. The molecule has 1 N–H and O–H groups in total. The zero-order chi connectivity index (χ0) is 22.4. The first kappa shape index (κ1) is 22.0. The topological polar surface area (TPSA) is 102 Å². The van der Waals surface area contributed by atoms with E-state index in [4.69, 9.17) is 4.74 Å². The number of methoxy groups -OCH3 is 1. The van der Waals surface area contributed by atoms with Gasteiger partial charge < -0.3 is 19.7 Å². The second-order valence-corrected chi connectivity index (χ2v) is 7.11. The van der Waals surface area contributed by atoms with Crippen molar-refractivity contribution in [1.82, 2.24) is 0 Å². The van der Waals surface area contributed by atoms with Crippen molar-refractivity contribution < 1.29 is 28.7 Å². The van der Waals surface area contributed by atoms with Crippen LogP contribution in [0.4, 0.5) is 11.4 Å². The van der Waals surface area contributed by atoms with Crippen LogP contribution >= 0.6 is 0 Å². The molecule has 0 radical (unpaired) electrons. The highest BCUT2D eigenvalue weighted by Crippen LogP contribution is 2.26. The number of para-hydroxylation sites is 1. The van der Waals surface area contributed by atoms with Crippen molar-refractivity contribution in [2.75, 3.05) is 30.5 Å². The number of carbonyl (C=O) groups excluding carboxylic acids is 4. The molecule has 162 valence electrons. The van der Waals surface area contributed by atoms with Crippen molar-refractivity contribution in [3.8, 4) is 0 Å². The van der Waals surface area contributed by atoms with E-state index in [2.05, 4.69) is 10.1 Å². The van der Waals surface area contributed by atoms with Crippen molar-refractivity contribution in [2.45, 2.75) is 19.8 Å². The Morgan fingerprint density at radius 1 is 1.10 bits per heavy atom. The van der Waals surface area contributed by atoms with Crippen LogP contribution in [0.3, 0.4) is 0 Å². The Bertz CT molecular complexity index is 986. The number of aryl methyl sites for hydroxylation is 1. The number of nitrogens with zero attached hydrogens (tertiary/aromatic N) is 1. The molecular formula is C23H24N2O6. The Balaban J connectivity index is 1.54. The van der Waals surface area contributed by atoms with Gasteiger partial charge in [-0.1, -0.05) is 25.1 Å². The Hall–Kier alpha value is -3.68. The third-order valence-corrected chi connectivity index (χ3v) is 5.08. The molecule has 1 atom stereocenters. The maximum atomic E-state index is 12.4. The minimum absolute atomic E-state index is 0.00211. The van der Waals surface area contributed by atoms with E-state index < -0.39 is 30.4 Å². The summed E-state index contributed by atoms with van der Waals surface area (Å²) >= 11 is 0. The first-order valence-electron chi connectivity index (χ1n) is 9.96. The number of anilines is 2. The Kier molecular flexibility index (Phi) is 7.02. The summed E-state index contributed by atoms with van der Waals surface area (Å²) in [5, 5.41) is 2.74. The van der Waals surface area contributed by atoms with Crippen LogP contribution in [-0.2, 0) is 30.3 Å². The van der Waals surface area contributed by atoms with Crippen LogP contribution in [0.25, 0.3) is 0 Å². The molecule has 0 bridgehead atoms. The van der Waals surface area contributed by atoms with E-state index in [0.29, 0.717) is 16.9 Å². The monoisotopic (exact) mass is 424 g/mol. The van der Waals surface area contributed by atoms with Gasteiger partial charge in [0.15, 0.2) is 6.61 Å². The molecule has 1 aliphatic rings. The molecule has 8 nitrogen and oxygen atoms in total. The lowest BCUT2D eigenvalue weighted by molar-refractivity contribution is -0.151. The summed E-state index contributed by atoms with van der Waals surface area (Å²) in [6.07, 6.45) is 0.759. The third-order valence-electron chi connectivity index (χ3n) is 5.08. The summed E-state index contributed by atoms with van der Waals surface area (Å²) < 4.78 is 9.79. The molecule has 2 amide bonds. The van der Waals surface area contributed by atoms with Gasteiger partial charge in [-0.15, -0.1) is 0 Å². The molecule has 1 aliphatic heterocycles. The van der Waals surface area contributed by atoms with Crippen LogP contribution < -0.4 is 10.2 Å². The van der Waals surface area contributed by atoms with Gasteiger partial charge in [-0.05, 0) is 42.3 Å². The van der Waals surface area contributed by atoms with Gasteiger partial charge in [0.2, 0.25) is 5.91 Å². The number of amides is 2. The molecule has 0 aromatic heterocycles. The van der Waals surface area contributed by atoms with Crippen LogP contribution in [0.2, 0.25) is 0 Å². The van der Waals surface area contributed by atoms with Crippen molar-refractivity contribution in [3.05, 3.63) is 59.7 Å². The number of ether oxygens (including phenoxy) is 2. The molecule has 2 aromatic rings. The average molecular weight is 424 g/mol. The van der Waals surface area contributed by atoms with Crippen LogP contribution in [0.1, 0.15) is 29.3 Å². The molecule has 8 heteroatoms. The summed E-state index contributed by atoms with van der Waals surface area (Å²) in [5.74, 6) is -2.40. The molecular weight excluding hydrogens is 400 g/mol. The van der Waals surface area contributed by atoms with Crippen molar-refractivity contribution in [3.63, 3.8) is 0 Å². The highest BCUT2D eigenvalue weighted by atomic mass is 16.5. The van der Waals surface area contributed by atoms with Gasteiger partial charge in [-0.2, -0.15) is 0 Å². The summed E-state index contributed by atoms with van der Waals surface area (Å²) in [6, 6.07) is 13.8. The zero-order valence-electron chi connectivity index (χ0n) is 17.4. The minimum atomic E-state index is -0.663. The van der Waals surface area contributed by atoms with Gasteiger partial charge in [0, 0.05) is 24.3 Å². The molecule has 1 fully saturated rings. The first-order valence-corrected chi connectivity index (χ1v) is 9.96. The van der Waals surface area contributed by atoms with Crippen molar-refractivity contribution in [2.24, 2.45) is 5.92 Å². The second-order valence-electron chi connectivity index (χ2n) is 7.11. The highest BCUT2D eigenvalue weighted by molar-refractivity contribution is 6.00. The van der Waals surface area contributed by atoms with Crippen molar-refractivity contribution >= 4 is 35.1 Å². The van der Waals surface area contributed by atoms with E-state index in [1.54, 1.807) is 30.3 Å². The Morgan fingerprint density at radius 3 is 2.48 bits per heavy atom. The molecule has 1 saturated heterocycles. The van der Waals surface area contributed by atoms with Crippen LogP contribution in [-0.4, -0.2) is 44.0 Å². The van der Waals surface area contributed by atoms with E-state index in [1.165, 1.54) is 12.0 Å².